The number of ether oxygens (including phenoxy) is 1. The quantitative estimate of drug-likeness (QED) is 0.356. The van der Waals surface area contributed by atoms with Gasteiger partial charge in [-0.3, -0.25) is 4.79 Å². The molecule has 5 nitrogen and oxygen atoms in total. The van der Waals surface area contributed by atoms with Crippen molar-refractivity contribution in [3.05, 3.63) is 75.2 Å². The number of hydrogen-bond acceptors (Lipinski definition) is 4. The van der Waals surface area contributed by atoms with Crippen molar-refractivity contribution in [3.63, 3.8) is 0 Å². The molecular formula is C22H15Cl3N2O3. The van der Waals surface area contributed by atoms with Crippen LogP contribution in [0.4, 0.5) is 5.69 Å². The highest BCUT2D eigenvalue weighted by molar-refractivity contribution is 6.35. The van der Waals surface area contributed by atoms with Crippen LogP contribution < -0.4 is 10.1 Å². The third-order valence-corrected chi connectivity index (χ3v) is 5.32. The first kappa shape index (κ1) is 20.5. The van der Waals surface area contributed by atoms with Gasteiger partial charge in [-0.05, 0) is 67.1 Å². The van der Waals surface area contributed by atoms with Crippen molar-refractivity contribution in [3.8, 4) is 17.2 Å². The largest absolute Gasteiger partial charge is 0.484 e. The molecule has 0 bridgehead atoms. The lowest BCUT2D eigenvalue weighted by molar-refractivity contribution is -0.118. The number of benzene rings is 3. The summed E-state index contributed by atoms with van der Waals surface area (Å²) in [6.07, 6.45) is 0. The molecule has 4 rings (SSSR count). The predicted octanol–water partition coefficient (Wildman–Crippen LogP) is 6.78. The van der Waals surface area contributed by atoms with Crippen LogP contribution in [0.3, 0.4) is 0 Å². The SMILES string of the molecule is Cc1cc(OCC(=O)Nc2ccc3oc(-c4cc(Cl)ccc4Cl)nc3c2)ccc1Cl. The van der Waals surface area contributed by atoms with Gasteiger partial charge in [-0.25, -0.2) is 4.98 Å². The van der Waals surface area contributed by atoms with E-state index in [4.69, 9.17) is 44.0 Å². The number of carbonyl (C=O) groups excluding carboxylic acids is 1. The second-order valence-electron chi connectivity index (χ2n) is 6.57. The molecule has 0 unspecified atom stereocenters. The Morgan fingerprint density at radius 1 is 1.03 bits per heavy atom. The van der Waals surface area contributed by atoms with Crippen molar-refractivity contribution in [1.29, 1.82) is 0 Å². The maximum atomic E-state index is 12.2. The number of oxazole rings is 1. The Bertz CT molecular complexity index is 1250. The number of carbonyl (C=O) groups is 1. The minimum atomic E-state index is -0.302. The fraction of sp³-hybridized carbons (Fsp3) is 0.0909. The summed E-state index contributed by atoms with van der Waals surface area (Å²) in [6.45, 7) is 1.73. The summed E-state index contributed by atoms with van der Waals surface area (Å²) < 4.78 is 11.3. The molecule has 0 saturated carbocycles. The summed E-state index contributed by atoms with van der Waals surface area (Å²) in [5, 5.41) is 4.43. The third kappa shape index (κ3) is 4.54. The van der Waals surface area contributed by atoms with Crippen LogP contribution in [-0.2, 0) is 4.79 Å². The first-order valence-electron chi connectivity index (χ1n) is 8.94. The molecular weight excluding hydrogens is 447 g/mol. The maximum Gasteiger partial charge on any atom is 0.262 e. The average Bonchev–Trinajstić information content (AvgIpc) is 3.14. The molecule has 0 aliphatic rings. The lowest BCUT2D eigenvalue weighted by atomic mass is 10.2. The van der Waals surface area contributed by atoms with Gasteiger partial charge in [-0.15, -0.1) is 0 Å². The number of nitrogens with zero attached hydrogens (tertiary/aromatic N) is 1. The molecule has 0 aliphatic heterocycles. The summed E-state index contributed by atoms with van der Waals surface area (Å²) in [5.74, 6) is 0.619. The minimum Gasteiger partial charge on any atom is -0.484 e. The maximum absolute atomic E-state index is 12.2. The zero-order valence-corrected chi connectivity index (χ0v) is 18.0. The second kappa shape index (κ2) is 8.56. The Hall–Kier alpha value is -2.73. The topological polar surface area (TPSA) is 64.4 Å². The Kier molecular flexibility index (Phi) is 5.86. The Balaban J connectivity index is 1.47. The van der Waals surface area contributed by atoms with Gasteiger partial charge in [0.15, 0.2) is 12.2 Å². The van der Waals surface area contributed by atoms with Crippen LogP contribution in [-0.4, -0.2) is 17.5 Å². The zero-order chi connectivity index (χ0) is 21.3. The molecule has 1 N–H and O–H groups in total. The van der Waals surface area contributed by atoms with Gasteiger partial charge in [-0.2, -0.15) is 0 Å². The van der Waals surface area contributed by atoms with Gasteiger partial charge in [0.2, 0.25) is 5.89 Å². The molecule has 3 aromatic carbocycles. The van der Waals surface area contributed by atoms with Gasteiger partial charge in [0.1, 0.15) is 11.3 Å². The van der Waals surface area contributed by atoms with Gasteiger partial charge in [0.25, 0.3) is 5.91 Å². The normalized spacial score (nSPS) is 10.9. The van der Waals surface area contributed by atoms with Gasteiger partial charge in [-0.1, -0.05) is 34.8 Å². The van der Waals surface area contributed by atoms with E-state index in [2.05, 4.69) is 10.3 Å². The number of rotatable bonds is 5. The first-order chi connectivity index (χ1) is 14.4. The van der Waals surface area contributed by atoms with E-state index in [1.54, 1.807) is 54.6 Å². The summed E-state index contributed by atoms with van der Waals surface area (Å²) in [5.41, 5.74) is 3.18. The van der Waals surface area contributed by atoms with E-state index in [-0.39, 0.29) is 12.5 Å². The Morgan fingerprint density at radius 3 is 2.63 bits per heavy atom. The van der Waals surface area contributed by atoms with Crippen LogP contribution in [0.1, 0.15) is 5.56 Å². The standard InChI is InChI=1S/C22H15Cl3N2O3/c1-12-8-15(4-6-17(12)24)29-11-21(28)26-14-3-7-20-19(10-14)27-22(30-20)16-9-13(23)2-5-18(16)25/h2-10H,11H2,1H3,(H,26,28). The van der Waals surface area contributed by atoms with E-state index in [1.807, 2.05) is 6.92 Å². The number of aromatic nitrogens is 1. The van der Waals surface area contributed by atoms with Gasteiger partial charge < -0.3 is 14.5 Å². The smallest absolute Gasteiger partial charge is 0.262 e. The van der Waals surface area contributed by atoms with E-state index in [1.165, 1.54) is 0 Å². The van der Waals surface area contributed by atoms with Crippen LogP contribution in [0.25, 0.3) is 22.6 Å². The number of fused-ring (bicyclic) bond motifs is 1. The van der Waals surface area contributed by atoms with Crippen LogP contribution in [0.5, 0.6) is 5.75 Å². The van der Waals surface area contributed by atoms with E-state index < -0.39 is 0 Å². The summed E-state index contributed by atoms with van der Waals surface area (Å²) in [4.78, 5) is 16.7. The van der Waals surface area contributed by atoms with E-state index in [0.717, 1.165) is 5.56 Å². The zero-order valence-electron chi connectivity index (χ0n) is 15.7. The van der Waals surface area contributed by atoms with Crippen molar-refractivity contribution < 1.29 is 13.9 Å². The van der Waals surface area contributed by atoms with Crippen molar-refractivity contribution in [2.24, 2.45) is 0 Å². The lowest BCUT2D eigenvalue weighted by Crippen LogP contribution is -2.20. The molecule has 1 heterocycles. The second-order valence-corrected chi connectivity index (χ2v) is 7.82. The van der Waals surface area contributed by atoms with Crippen molar-refractivity contribution in [2.75, 3.05) is 11.9 Å². The van der Waals surface area contributed by atoms with E-state index in [9.17, 15) is 4.79 Å². The highest BCUT2D eigenvalue weighted by Crippen LogP contribution is 2.32. The van der Waals surface area contributed by atoms with Gasteiger partial charge >= 0.3 is 0 Å². The minimum absolute atomic E-state index is 0.138. The number of aryl methyl sites for hydroxylation is 1. The number of amides is 1. The number of halogens is 3. The molecule has 0 saturated heterocycles. The molecule has 1 aromatic heterocycles. The van der Waals surface area contributed by atoms with Gasteiger partial charge in [0, 0.05) is 15.7 Å². The highest BCUT2D eigenvalue weighted by atomic mass is 35.5. The number of anilines is 1. The summed E-state index contributed by atoms with van der Waals surface area (Å²) >= 11 is 18.3. The predicted molar refractivity (Wildman–Crippen MR) is 120 cm³/mol. The Labute approximate surface area is 187 Å². The molecule has 0 atom stereocenters. The van der Waals surface area contributed by atoms with Crippen LogP contribution >= 0.6 is 34.8 Å². The average molecular weight is 462 g/mol. The first-order valence-corrected chi connectivity index (χ1v) is 10.1. The van der Waals surface area contributed by atoms with Gasteiger partial charge in [0.05, 0.1) is 10.6 Å². The monoisotopic (exact) mass is 460 g/mol. The van der Waals surface area contributed by atoms with Crippen molar-refractivity contribution in [1.82, 2.24) is 4.98 Å². The molecule has 8 heteroatoms. The van der Waals surface area contributed by atoms with E-state index in [0.29, 0.717) is 49.1 Å². The van der Waals surface area contributed by atoms with E-state index >= 15 is 0 Å². The molecule has 0 fully saturated rings. The summed E-state index contributed by atoms with van der Waals surface area (Å²) in [7, 11) is 0. The third-order valence-electron chi connectivity index (χ3n) is 4.33. The molecule has 1 amide bonds. The van der Waals surface area contributed by atoms with Crippen molar-refractivity contribution >= 4 is 57.5 Å². The van der Waals surface area contributed by atoms with Crippen molar-refractivity contribution in [2.45, 2.75) is 6.92 Å². The van der Waals surface area contributed by atoms with Crippen LogP contribution in [0.15, 0.2) is 59.0 Å². The molecule has 152 valence electrons. The molecule has 30 heavy (non-hydrogen) atoms. The molecule has 0 radical (unpaired) electrons. The number of nitrogens with one attached hydrogen (secondary N) is 1. The molecule has 0 aliphatic carbocycles. The van der Waals surface area contributed by atoms with Crippen LogP contribution in [0.2, 0.25) is 15.1 Å². The fourth-order valence-electron chi connectivity index (χ4n) is 2.83. The molecule has 0 spiro atoms. The summed E-state index contributed by atoms with van der Waals surface area (Å²) in [6, 6.07) is 15.4. The highest BCUT2D eigenvalue weighted by Gasteiger charge is 2.13. The fourth-order valence-corrected chi connectivity index (χ4v) is 3.32. The Morgan fingerprint density at radius 2 is 1.83 bits per heavy atom. The molecule has 4 aromatic rings. The van der Waals surface area contributed by atoms with Crippen LogP contribution in [0, 0.1) is 6.92 Å². The lowest BCUT2D eigenvalue weighted by Gasteiger charge is -2.08. The number of hydrogen-bond donors (Lipinski definition) is 1.